The quantitative estimate of drug-likeness (QED) is 0.529. The summed E-state index contributed by atoms with van der Waals surface area (Å²) in [5.41, 5.74) is -0.365. The second kappa shape index (κ2) is 5.12. The Balaban J connectivity index is 3.03. The minimum absolute atomic E-state index is 0.156. The van der Waals surface area contributed by atoms with Crippen molar-refractivity contribution in [3.8, 4) is 0 Å². The van der Waals surface area contributed by atoms with Crippen LogP contribution in [0.25, 0.3) is 5.76 Å². The van der Waals surface area contributed by atoms with Gasteiger partial charge < -0.3 is 5.11 Å². The predicted molar refractivity (Wildman–Crippen MR) is 55.9 cm³/mol. The van der Waals surface area contributed by atoms with Crippen LogP contribution in [0.3, 0.4) is 0 Å². The Morgan fingerprint density at radius 3 is 2.26 bits per heavy atom. The number of allylic oxidation sites excluding steroid dienone is 1. The van der Waals surface area contributed by atoms with E-state index in [0.717, 1.165) is 12.3 Å². The average Bonchev–Trinajstić information content (AvgIpc) is 2.28. The number of pyridine rings is 1. The van der Waals surface area contributed by atoms with Gasteiger partial charge in [-0.1, -0.05) is 11.6 Å². The van der Waals surface area contributed by atoms with Crippen molar-refractivity contribution >= 4 is 23.1 Å². The first kappa shape index (κ1) is 15.4. The molecular formula is C10H5ClF5NO2. The van der Waals surface area contributed by atoms with Gasteiger partial charge in [0.2, 0.25) is 5.78 Å². The van der Waals surface area contributed by atoms with Crippen molar-refractivity contribution in [2.45, 2.75) is 12.1 Å². The number of rotatable bonds is 3. The number of aromatic nitrogens is 1. The van der Waals surface area contributed by atoms with E-state index < -0.39 is 23.6 Å². The SMILES string of the molecule is O=C(C=C(O)c1ccc(Cl)cn1)C(F)(F)C(F)(F)F. The van der Waals surface area contributed by atoms with E-state index in [9.17, 15) is 31.9 Å². The lowest BCUT2D eigenvalue weighted by atomic mass is 10.1. The van der Waals surface area contributed by atoms with Crippen LogP contribution in [0, 0.1) is 0 Å². The summed E-state index contributed by atoms with van der Waals surface area (Å²) >= 11 is 5.46. The van der Waals surface area contributed by atoms with Crippen molar-refractivity contribution < 1.29 is 31.9 Å². The van der Waals surface area contributed by atoms with Crippen LogP contribution in [0.1, 0.15) is 5.69 Å². The number of hydrogen-bond donors (Lipinski definition) is 1. The maximum absolute atomic E-state index is 12.6. The molecule has 0 amide bonds. The molecule has 0 radical (unpaired) electrons. The molecule has 1 aromatic rings. The summed E-state index contributed by atoms with van der Waals surface area (Å²) in [5.74, 6) is -9.28. The maximum atomic E-state index is 12.6. The number of carbonyl (C=O) groups is 1. The Labute approximate surface area is 108 Å². The maximum Gasteiger partial charge on any atom is 0.461 e. The number of aliphatic hydroxyl groups excluding tert-OH is 1. The lowest BCUT2D eigenvalue weighted by molar-refractivity contribution is -0.266. The number of aliphatic hydroxyl groups is 1. The van der Waals surface area contributed by atoms with Crippen molar-refractivity contribution in [1.29, 1.82) is 0 Å². The van der Waals surface area contributed by atoms with Crippen LogP contribution in [-0.4, -0.2) is 28.0 Å². The molecule has 0 spiro atoms. The zero-order valence-corrected chi connectivity index (χ0v) is 9.64. The average molecular weight is 302 g/mol. The molecular weight excluding hydrogens is 297 g/mol. The van der Waals surface area contributed by atoms with E-state index >= 15 is 0 Å². The third-order valence-corrected chi connectivity index (χ3v) is 2.15. The highest BCUT2D eigenvalue weighted by Gasteiger charge is 2.62. The Morgan fingerprint density at radius 1 is 1.26 bits per heavy atom. The van der Waals surface area contributed by atoms with Crippen molar-refractivity contribution in [3.63, 3.8) is 0 Å². The number of nitrogens with zero attached hydrogens (tertiary/aromatic N) is 1. The number of carbonyl (C=O) groups excluding carboxylic acids is 1. The fourth-order valence-electron chi connectivity index (χ4n) is 0.956. The van der Waals surface area contributed by atoms with Gasteiger partial charge in [0.05, 0.1) is 5.02 Å². The molecule has 0 aliphatic heterocycles. The molecule has 1 heterocycles. The van der Waals surface area contributed by atoms with Crippen molar-refractivity contribution in [2.75, 3.05) is 0 Å². The monoisotopic (exact) mass is 301 g/mol. The second-order valence-electron chi connectivity index (χ2n) is 3.33. The van der Waals surface area contributed by atoms with Gasteiger partial charge >= 0.3 is 12.1 Å². The molecule has 0 saturated carbocycles. The molecule has 3 nitrogen and oxygen atoms in total. The minimum atomic E-state index is -6.03. The van der Waals surface area contributed by atoms with Gasteiger partial charge in [-0.25, -0.2) is 0 Å². The predicted octanol–water partition coefficient (Wildman–Crippen LogP) is 3.40. The molecule has 1 rings (SSSR count). The summed E-state index contributed by atoms with van der Waals surface area (Å²) in [6, 6.07) is 2.26. The molecule has 0 unspecified atom stereocenters. The lowest BCUT2D eigenvalue weighted by Gasteiger charge is -2.16. The Morgan fingerprint density at radius 2 is 1.84 bits per heavy atom. The molecule has 19 heavy (non-hydrogen) atoms. The summed E-state index contributed by atoms with van der Waals surface area (Å²) < 4.78 is 60.8. The molecule has 1 aromatic heterocycles. The van der Waals surface area contributed by atoms with Crippen LogP contribution in [-0.2, 0) is 4.79 Å². The van der Waals surface area contributed by atoms with Crippen LogP contribution < -0.4 is 0 Å². The molecule has 104 valence electrons. The molecule has 0 aliphatic rings. The highest BCUT2D eigenvalue weighted by atomic mass is 35.5. The Kier molecular flexibility index (Phi) is 4.14. The van der Waals surface area contributed by atoms with Crippen molar-refractivity contribution in [3.05, 3.63) is 35.1 Å². The van der Waals surface area contributed by atoms with Gasteiger partial charge in [-0.3, -0.25) is 9.78 Å². The van der Waals surface area contributed by atoms with E-state index in [4.69, 9.17) is 11.6 Å². The fourth-order valence-corrected chi connectivity index (χ4v) is 1.07. The topological polar surface area (TPSA) is 50.2 Å². The first-order valence-electron chi connectivity index (χ1n) is 4.57. The molecule has 0 atom stereocenters. The highest BCUT2D eigenvalue weighted by molar-refractivity contribution is 6.30. The zero-order chi connectivity index (χ0) is 14.8. The zero-order valence-electron chi connectivity index (χ0n) is 8.88. The number of halogens is 6. The minimum Gasteiger partial charge on any atom is -0.506 e. The van der Waals surface area contributed by atoms with Gasteiger partial charge in [0.15, 0.2) is 0 Å². The van der Waals surface area contributed by atoms with Crippen molar-refractivity contribution in [2.24, 2.45) is 0 Å². The summed E-state index contributed by atoms with van der Waals surface area (Å²) in [5, 5.41) is 9.40. The van der Waals surface area contributed by atoms with Gasteiger partial charge in [0, 0.05) is 12.3 Å². The molecule has 9 heteroatoms. The first-order chi connectivity index (χ1) is 8.55. The molecule has 0 aliphatic carbocycles. The lowest BCUT2D eigenvalue weighted by Crippen LogP contribution is -2.43. The van der Waals surface area contributed by atoms with Crippen LogP contribution in [0.2, 0.25) is 5.02 Å². The van der Waals surface area contributed by atoms with E-state index in [-0.39, 0.29) is 16.8 Å². The van der Waals surface area contributed by atoms with Gasteiger partial charge in [0.1, 0.15) is 11.5 Å². The normalized spacial score (nSPS) is 13.5. The standard InChI is InChI=1S/C10H5ClF5NO2/c11-5-1-2-6(17-4-5)7(18)3-8(19)9(12,13)10(14,15)16/h1-4,18H. The van der Waals surface area contributed by atoms with E-state index in [1.165, 1.54) is 6.07 Å². The summed E-state index contributed by atoms with van der Waals surface area (Å²) in [6.45, 7) is 0. The Bertz CT molecular complexity index is 510. The second-order valence-corrected chi connectivity index (χ2v) is 3.76. The third kappa shape index (κ3) is 3.40. The third-order valence-electron chi connectivity index (χ3n) is 1.92. The summed E-state index contributed by atoms with van der Waals surface area (Å²) in [4.78, 5) is 14.2. The molecule has 1 N–H and O–H groups in total. The largest absolute Gasteiger partial charge is 0.506 e. The summed E-state index contributed by atoms with van der Waals surface area (Å²) in [6.07, 6.45) is -5.24. The van der Waals surface area contributed by atoms with Crippen molar-refractivity contribution in [1.82, 2.24) is 4.98 Å². The van der Waals surface area contributed by atoms with Gasteiger partial charge in [-0.15, -0.1) is 0 Å². The van der Waals surface area contributed by atoms with Crippen LogP contribution in [0.4, 0.5) is 22.0 Å². The molecule has 0 aromatic carbocycles. The number of ketones is 1. The first-order valence-corrected chi connectivity index (χ1v) is 4.95. The molecule has 0 saturated heterocycles. The van der Waals surface area contributed by atoms with Crippen LogP contribution >= 0.6 is 11.6 Å². The number of alkyl halides is 5. The van der Waals surface area contributed by atoms with Crippen LogP contribution in [0.15, 0.2) is 24.4 Å². The molecule has 0 fully saturated rings. The van der Waals surface area contributed by atoms with E-state index in [2.05, 4.69) is 4.98 Å². The van der Waals surface area contributed by atoms with Crippen LogP contribution in [0.5, 0.6) is 0 Å². The van der Waals surface area contributed by atoms with E-state index in [0.29, 0.717) is 0 Å². The summed E-state index contributed by atoms with van der Waals surface area (Å²) in [7, 11) is 0. The highest BCUT2D eigenvalue weighted by Crippen LogP contribution is 2.36. The van der Waals surface area contributed by atoms with Gasteiger partial charge in [0.25, 0.3) is 0 Å². The van der Waals surface area contributed by atoms with E-state index in [1.54, 1.807) is 0 Å². The Hall–Kier alpha value is -1.70. The molecule has 0 bridgehead atoms. The smallest absolute Gasteiger partial charge is 0.461 e. The van der Waals surface area contributed by atoms with E-state index in [1.807, 2.05) is 0 Å². The van der Waals surface area contributed by atoms with Gasteiger partial charge in [-0.2, -0.15) is 22.0 Å². The number of hydrogen-bond acceptors (Lipinski definition) is 3. The fraction of sp³-hybridized carbons (Fsp3) is 0.200. The van der Waals surface area contributed by atoms with Gasteiger partial charge in [-0.05, 0) is 12.1 Å².